The molecule has 2 aromatic rings. The Labute approximate surface area is 135 Å². The van der Waals surface area contributed by atoms with Crippen molar-refractivity contribution in [1.82, 2.24) is 10.5 Å². The number of aromatic nitrogens is 1. The van der Waals surface area contributed by atoms with Crippen LogP contribution in [-0.4, -0.2) is 17.7 Å². The van der Waals surface area contributed by atoms with Crippen molar-refractivity contribution in [1.29, 1.82) is 0 Å². The Bertz CT molecular complexity index is 630. The Hall–Kier alpha value is -2.01. The van der Waals surface area contributed by atoms with Crippen LogP contribution in [-0.2, 0) is 11.8 Å². The molecule has 0 saturated carbocycles. The molecule has 0 atom stereocenters. The van der Waals surface area contributed by atoms with Crippen LogP contribution in [0.25, 0.3) is 0 Å². The number of urea groups is 1. The molecular weight excluding hydrogens is 302 g/mol. The van der Waals surface area contributed by atoms with E-state index in [1.807, 2.05) is 45.0 Å². The molecule has 2 amide bonds. The maximum atomic E-state index is 11.8. The van der Waals surface area contributed by atoms with Crippen LogP contribution < -0.4 is 10.6 Å². The average Bonchev–Trinajstić information content (AvgIpc) is 2.89. The first kappa shape index (κ1) is 16.4. The van der Waals surface area contributed by atoms with Crippen molar-refractivity contribution >= 4 is 23.4 Å². The number of carbonyl (C=O) groups excluding carboxylic acids is 1. The summed E-state index contributed by atoms with van der Waals surface area (Å²) in [4.78, 5) is 11.8. The maximum Gasteiger partial charge on any atom is 0.320 e. The minimum absolute atomic E-state index is 0.141. The van der Waals surface area contributed by atoms with E-state index in [4.69, 9.17) is 16.1 Å². The highest BCUT2D eigenvalue weighted by Crippen LogP contribution is 2.24. The highest BCUT2D eigenvalue weighted by molar-refractivity contribution is 6.30. The zero-order valence-corrected chi connectivity index (χ0v) is 13.7. The van der Waals surface area contributed by atoms with E-state index in [0.29, 0.717) is 17.4 Å². The predicted octanol–water partition coefficient (Wildman–Crippen LogP) is 3.99. The summed E-state index contributed by atoms with van der Waals surface area (Å²) >= 11 is 5.82. The van der Waals surface area contributed by atoms with Gasteiger partial charge in [0.15, 0.2) is 5.82 Å². The molecule has 0 aliphatic heterocycles. The monoisotopic (exact) mass is 321 g/mol. The van der Waals surface area contributed by atoms with Gasteiger partial charge in [-0.2, -0.15) is 0 Å². The molecule has 0 fully saturated rings. The molecule has 6 heteroatoms. The number of carbonyl (C=O) groups is 1. The van der Waals surface area contributed by atoms with Crippen LogP contribution in [0.3, 0.4) is 0 Å². The molecule has 0 radical (unpaired) electrons. The second-order valence-electron chi connectivity index (χ2n) is 6.08. The number of hydrogen-bond acceptors (Lipinski definition) is 3. The van der Waals surface area contributed by atoms with Gasteiger partial charge in [0, 0.05) is 23.0 Å². The largest absolute Gasteiger partial charge is 0.359 e. The third-order valence-corrected chi connectivity index (χ3v) is 3.36. The Morgan fingerprint density at radius 3 is 2.55 bits per heavy atom. The van der Waals surface area contributed by atoms with Crippen molar-refractivity contribution in [3.05, 3.63) is 46.7 Å². The van der Waals surface area contributed by atoms with Crippen molar-refractivity contribution in [2.24, 2.45) is 0 Å². The first-order valence-corrected chi connectivity index (χ1v) is 7.49. The number of amides is 2. The van der Waals surface area contributed by atoms with Crippen LogP contribution in [0.2, 0.25) is 5.02 Å². The summed E-state index contributed by atoms with van der Waals surface area (Å²) in [6.45, 7) is 6.58. The van der Waals surface area contributed by atoms with Crippen LogP contribution in [0.1, 0.15) is 32.1 Å². The summed E-state index contributed by atoms with van der Waals surface area (Å²) in [5, 5.41) is 9.97. The van der Waals surface area contributed by atoms with Gasteiger partial charge in [-0.25, -0.2) is 4.79 Å². The van der Waals surface area contributed by atoms with Gasteiger partial charge < -0.3 is 9.84 Å². The first-order chi connectivity index (χ1) is 10.3. The molecular formula is C16H20ClN3O2. The molecule has 2 N–H and O–H groups in total. The van der Waals surface area contributed by atoms with E-state index in [0.717, 1.165) is 17.7 Å². The molecule has 5 nitrogen and oxygen atoms in total. The van der Waals surface area contributed by atoms with E-state index in [1.54, 1.807) is 6.07 Å². The van der Waals surface area contributed by atoms with Crippen LogP contribution in [0.5, 0.6) is 0 Å². The van der Waals surface area contributed by atoms with Crippen molar-refractivity contribution in [3.8, 4) is 0 Å². The predicted molar refractivity (Wildman–Crippen MR) is 87.4 cm³/mol. The van der Waals surface area contributed by atoms with E-state index >= 15 is 0 Å². The quantitative estimate of drug-likeness (QED) is 0.894. The fourth-order valence-corrected chi connectivity index (χ4v) is 1.95. The number of hydrogen-bond donors (Lipinski definition) is 2. The summed E-state index contributed by atoms with van der Waals surface area (Å²) in [6, 6.07) is 8.98. The maximum absolute atomic E-state index is 11.8. The molecule has 0 bridgehead atoms. The highest BCUT2D eigenvalue weighted by Gasteiger charge is 2.20. The van der Waals surface area contributed by atoms with E-state index in [9.17, 15) is 4.79 Å². The minimum Gasteiger partial charge on any atom is -0.359 e. The Morgan fingerprint density at radius 2 is 1.95 bits per heavy atom. The van der Waals surface area contributed by atoms with Crippen LogP contribution in [0, 0.1) is 0 Å². The van der Waals surface area contributed by atoms with Crippen LogP contribution >= 0.6 is 11.6 Å². The Morgan fingerprint density at radius 1 is 1.27 bits per heavy atom. The van der Waals surface area contributed by atoms with E-state index in [-0.39, 0.29) is 11.4 Å². The lowest BCUT2D eigenvalue weighted by molar-refractivity contribution is 0.252. The van der Waals surface area contributed by atoms with Crippen molar-refractivity contribution < 1.29 is 9.32 Å². The molecule has 2 rings (SSSR count). The zero-order chi connectivity index (χ0) is 16.2. The minimum atomic E-state index is -0.303. The molecule has 0 aliphatic carbocycles. The van der Waals surface area contributed by atoms with Gasteiger partial charge in [-0.05, 0) is 24.1 Å². The molecule has 1 heterocycles. The number of nitrogens with one attached hydrogen (secondary N) is 2. The van der Waals surface area contributed by atoms with Crippen molar-refractivity contribution in [2.75, 3.05) is 11.9 Å². The van der Waals surface area contributed by atoms with E-state index < -0.39 is 0 Å². The molecule has 0 saturated heterocycles. The Balaban J connectivity index is 1.78. The fraction of sp³-hybridized carbons (Fsp3) is 0.375. The second-order valence-corrected chi connectivity index (χ2v) is 6.52. The third kappa shape index (κ3) is 4.77. The standard InChI is InChI=1S/C16H20ClN3O2/c1-16(2,3)13-10-14(20-22-13)19-15(21)18-9-8-11-4-6-12(17)7-5-11/h4-7,10H,8-9H2,1-3H3,(H2,18,19,20,21). The van der Waals surface area contributed by atoms with Crippen molar-refractivity contribution in [3.63, 3.8) is 0 Å². The number of rotatable bonds is 4. The summed E-state index contributed by atoms with van der Waals surface area (Å²) in [5.74, 6) is 1.14. The zero-order valence-electron chi connectivity index (χ0n) is 12.9. The lowest BCUT2D eigenvalue weighted by atomic mass is 9.93. The van der Waals surface area contributed by atoms with Gasteiger partial charge in [0.1, 0.15) is 5.76 Å². The molecule has 1 aromatic carbocycles. The lowest BCUT2D eigenvalue weighted by Crippen LogP contribution is -2.30. The SMILES string of the molecule is CC(C)(C)c1cc(NC(=O)NCCc2ccc(Cl)cc2)no1. The molecule has 0 aliphatic rings. The number of halogens is 1. The molecule has 118 valence electrons. The molecule has 22 heavy (non-hydrogen) atoms. The summed E-state index contributed by atoms with van der Waals surface area (Å²) in [5.41, 5.74) is 0.971. The van der Waals surface area contributed by atoms with Gasteiger partial charge in [-0.3, -0.25) is 5.32 Å². The number of anilines is 1. The summed E-state index contributed by atoms with van der Waals surface area (Å²) < 4.78 is 5.21. The van der Waals surface area contributed by atoms with Crippen LogP contribution in [0.4, 0.5) is 10.6 Å². The first-order valence-electron chi connectivity index (χ1n) is 7.11. The van der Waals surface area contributed by atoms with E-state index in [2.05, 4.69) is 15.8 Å². The van der Waals surface area contributed by atoms with Gasteiger partial charge >= 0.3 is 6.03 Å². The lowest BCUT2D eigenvalue weighted by Gasteiger charge is -2.12. The average molecular weight is 322 g/mol. The second kappa shape index (κ2) is 6.83. The number of nitrogens with zero attached hydrogens (tertiary/aromatic N) is 1. The smallest absolute Gasteiger partial charge is 0.320 e. The van der Waals surface area contributed by atoms with E-state index in [1.165, 1.54) is 0 Å². The molecule has 0 unspecified atom stereocenters. The molecule has 1 aromatic heterocycles. The van der Waals surface area contributed by atoms with Gasteiger partial charge in [0.25, 0.3) is 0 Å². The highest BCUT2D eigenvalue weighted by atomic mass is 35.5. The summed E-state index contributed by atoms with van der Waals surface area (Å²) in [7, 11) is 0. The summed E-state index contributed by atoms with van der Waals surface area (Å²) in [6.07, 6.45) is 0.733. The fourth-order valence-electron chi connectivity index (χ4n) is 1.82. The topological polar surface area (TPSA) is 67.2 Å². The van der Waals surface area contributed by atoms with Gasteiger partial charge in [0.2, 0.25) is 0 Å². The normalized spacial score (nSPS) is 11.3. The van der Waals surface area contributed by atoms with Gasteiger partial charge in [0.05, 0.1) is 0 Å². The van der Waals surface area contributed by atoms with Gasteiger partial charge in [-0.15, -0.1) is 0 Å². The van der Waals surface area contributed by atoms with Crippen molar-refractivity contribution in [2.45, 2.75) is 32.6 Å². The third-order valence-electron chi connectivity index (χ3n) is 3.10. The Kier molecular flexibility index (Phi) is 5.08. The van der Waals surface area contributed by atoms with Gasteiger partial charge in [-0.1, -0.05) is 49.7 Å². The molecule has 0 spiro atoms. The number of benzene rings is 1. The van der Waals surface area contributed by atoms with Crippen LogP contribution in [0.15, 0.2) is 34.9 Å².